The van der Waals surface area contributed by atoms with E-state index in [0.717, 1.165) is 16.0 Å². The summed E-state index contributed by atoms with van der Waals surface area (Å²) < 4.78 is 19.4. The van der Waals surface area contributed by atoms with Crippen molar-refractivity contribution in [3.8, 4) is 11.5 Å². The summed E-state index contributed by atoms with van der Waals surface area (Å²) in [5, 5.41) is 2.52. The average Bonchev–Trinajstić information content (AvgIpc) is 3.69. The molecule has 222 valence electrons. The van der Waals surface area contributed by atoms with Gasteiger partial charge in [-0.1, -0.05) is 89.7 Å². The molecule has 10 heteroatoms. The molecule has 0 fully saturated rings. The van der Waals surface area contributed by atoms with E-state index in [1.807, 2.05) is 84.2 Å². The number of fused-ring (bicyclic) bond motifs is 1. The molecule has 3 heterocycles. The van der Waals surface area contributed by atoms with Crippen molar-refractivity contribution in [1.29, 1.82) is 0 Å². The summed E-state index contributed by atoms with van der Waals surface area (Å²) in [7, 11) is 1.57. The molecule has 0 spiro atoms. The molecule has 1 aliphatic heterocycles. The lowest BCUT2D eigenvalue weighted by Crippen LogP contribution is -2.39. The van der Waals surface area contributed by atoms with E-state index < -0.39 is 12.0 Å². The first-order valence-corrected chi connectivity index (χ1v) is 15.9. The lowest BCUT2D eigenvalue weighted by atomic mass is 9.97. The fourth-order valence-electron chi connectivity index (χ4n) is 5.02. The minimum absolute atomic E-state index is 0.193. The number of ether oxygens (including phenoxy) is 3. The Morgan fingerprint density at radius 2 is 1.82 bits per heavy atom. The SMILES string of the molecule is CCOC(=O)C1=C(c2ccccc2)N=c2s/c(=C\c3cccc(OC)c3OCc3ccccc3Cl)c(=O)n2[C@@H]1c1cccs1. The number of hydrogen-bond acceptors (Lipinski definition) is 8. The Labute approximate surface area is 266 Å². The van der Waals surface area contributed by atoms with Gasteiger partial charge >= 0.3 is 5.97 Å². The minimum atomic E-state index is -0.705. The number of carbonyl (C=O) groups is 1. The molecule has 5 aromatic rings. The quantitative estimate of drug-likeness (QED) is 0.178. The van der Waals surface area contributed by atoms with Gasteiger partial charge in [0.2, 0.25) is 0 Å². The fourth-order valence-corrected chi connectivity index (χ4v) is 7.03. The Morgan fingerprint density at radius 3 is 2.55 bits per heavy atom. The van der Waals surface area contributed by atoms with E-state index in [9.17, 15) is 9.59 Å². The molecule has 2 aromatic heterocycles. The first-order valence-electron chi connectivity index (χ1n) is 13.8. The van der Waals surface area contributed by atoms with Crippen molar-refractivity contribution in [3.63, 3.8) is 0 Å². The summed E-state index contributed by atoms with van der Waals surface area (Å²) in [6.45, 7) is 2.16. The van der Waals surface area contributed by atoms with Crippen molar-refractivity contribution in [3.05, 3.63) is 142 Å². The number of thiazole rings is 1. The van der Waals surface area contributed by atoms with Gasteiger partial charge in [0.05, 0.1) is 29.5 Å². The molecule has 0 N–H and O–H groups in total. The molecule has 0 amide bonds. The summed E-state index contributed by atoms with van der Waals surface area (Å²) in [5.41, 5.74) is 2.77. The number of benzene rings is 3. The van der Waals surface area contributed by atoms with Crippen LogP contribution in [0, 0.1) is 0 Å². The lowest BCUT2D eigenvalue weighted by Gasteiger charge is -2.24. The van der Waals surface area contributed by atoms with Gasteiger partial charge in [0, 0.05) is 26.6 Å². The van der Waals surface area contributed by atoms with E-state index in [2.05, 4.69) is 0 Å². The molecule has 44 heavy (non-hydrogen) atoms. The number of carbonyl (C=O) groups excluding carboxylic acids is 1. The second-order valence-corrected chi connectivity index (χ2v) is 12.1. The van der Waals surface area contributed by atoms with E-state index in [0.29, 0.717) is 42.7 Å². The zero-order valence-corrected chi connectivity index (χ0v) is 26.2. The molecule has 6 rings (SSSR count). The Bertz CT molecular complexity index is 2030. The van der Waals surface area contributed by atoms with Gasteiger partial charge in [-0.15, -0.1) is 11.3 Å². The Balaban J connectivity index is 1.53. The highest BCUT2D eigenvalue weighted by Crippen LogP contribution is 2.37. The van der Waals surface area contributed by atoms with Crippen LogP contribution in [0.1, 0.15) is 34.5 Å². The van der Waals surface area contributed by atoms with Crippen LogP contribution in [-0.4, -0.2) is 24.3 Å². The van der Waals surface area contributed by atoms with Gasteiger partial charge in [0.15, 0.2) is 16.3 Å². The number of rotatable bonds is 9. The number of halogens is 1. The highest BCUT2D eigenvalue weighted by molar-refractivity contribution is 7.10. The molecular formula is C34H27ClN2O5S2. The van der Waals surface area contributed by atoms with Gasteiger partial charge in [-0.25, -0.2) is 9.79 Å². The molecule has 0 unspecified atom stereocenters. The molecule has 1 atom stereocenters. The third kappa shape index (κ3) is 5.74. The zero-order valence-electron chi connectivity index (χ0n) is 23.9. The molecule has 0 saturated carbocycles. The summed E-state index contributed by atoms with van der Waals surface area (Å²) >= 11 is 9.09. The van der Waals surface area contributed by atoms with E-state index in [-0.39, 0.29) is 18.8 Å². The number of thiophene rings is 1. The molecule has 0 bridgehead atoms. The highest BCUT2D eigenvalue weighted by atomic mass is 35.5. The van der Waals surface area contributed by atoms with Crippen LogP contribution in [0.2, 0.25) is 5.02 Å². The average molecular weight is 643 g/mol. The van der Waals surface area contributed by atoms with E-state index in [1.54, 1.807) is 30.7 Å². The molecular weight excluding hydrogens is 616 g/mol. The number of esters is 1. The third-order valence-corrected chi connectivity index (χ3v) is 9.31. The van der Waals surface area contributed by atoms with Crippen LogP contribution in [0.5, 0.6) is 11.5 Å². The number of aromatic nitrogens is 1. The number of methoxy groups -OCH3 is 1. The first-order chi connectivity index (χ1) is 21.5. The maximum Gasteiger partial charge on any atom is 0.338 e. The van der Waals surface area contributed by atoms with Crippen molar-refractivity contribution in [1.82, 2.24) is 4.57 Å². The predicted octanol–water partition coefficient (Wildman–Crippen LogP) is 6.24. The molecule has 0 aliphatic carbocycles. The maximum absolute atomic E-state index is 14.2. The van der Waals surface area contributed by atoms with Crippen LogP contribution in [0.15, 0.2) is 106 Å². The lowest BCUT2D eigenvalue weighted by molar-refractivity contribution is -0.138. The zero-order chi connectivity index (χ0) is 30.6. The topological polar surface area (TPSA) is 79.1 Å². The van der Waals surface area contributed by atoms with Crippen LogP contribution in [0.4, 0.5) is 0 Å². The van der Waals surface area contributed by atoms with Crippen molar-refractivity contribution in [2.45, 2.75) is 19.6 Å². The molecule has 3 aromatic carbocycles. The second-order valence-electron chi connectivity index (χ2n) is 9.71. The van der Waals surface area contributed by atoms with Gasteiger partial charge < -0.3 is 14.2 Å². The predicted molar refractivity (Wildman–Crippen MR) is 174 cm³/mol. The van der Waals surface area contributed by atoms with Gasteiger partial charge in [0.25, 0.3) is 5.56 Å². The first kappa shape index (κ1) is 29.6. The molecule has 0 radical (unpaired) electrons. The standard InChI is InChI=1S/C34H27ClN2O5S2/c1-3-41-33(39)28-29(21-11-5-4-6-12-21)36-34-37(30(28)26-17-10-18-43-26)32(38)27(44-34)19-22-14-9-16-25(40-2)31(22)42-20-23-13-7-8-15-24(23)35/h4-19,30H,3,20H2,1-2H3/b27-19-/t30-/m1/s1. The minimum Gasteiger partial charge on any atom is -0.493 e. The Morgan fingerprint density at radius 1 is 1.02 bits per heavy atom. The van der Waals surface area contributed by atoms with Crippen LogP contribution < -0.4 is 24.4 Å². The van der Waals surface area contributed by atoms with Crippen molar-refractivity contribution < 1.29 is 19.0 Å². The Kier molecular flexibility index (Phi) is 8.79. The number of hydrogen-bond donors (Lipinski definition) is 0. The van der Waals surface area contributed by atoms with Gasteiger partial charge in [-0.05, 0) is 36.6 Å². The summed E-state index contributed by atoms with van der Waals surface area (Å²) in [5.74, 6) is 0.490. The van der Waals surface area contributed by atoms with E-state index in [1.165, 1.54) is 22.7 Å². The van der Waals surface area contributed by atoms with Crippen molar-refractivity contribution in [2.75, 3.05) is 13.7 Å². The van der Waals surface area contributed by atoms with E-state index in [4.69, 9.17) is 30.8 Å². The second kappa shape index (κ2) is 13.1. The number of para-hydroxylation sites is 1. The monoisotopic (exact) mass is 642 g/mol. The summed E-state index contributed by atoms with van der Waals surface area (Å²) in [6, 6.07) is 25.6. The smallest absolute Gasteiger partial charge is 0.338 e. The summed E-state index contributed by atoms with van der Waals surface area (Å²) in [6.07, 6.45) is 1.77. The molecule has 1 aliphatic rings. The van der Waals surface area contributed by atoms with Crippen LogP contribution in [-0.2, 0) is 16.1 Å². The van der Waals surface area contributed by atoms with Crippen LogP contribution in [0.25, 0.3) is 11.8 Å². The van der Waals surface area contributed by atoms with Crippen molar-refractivity contribution in [2.24, 2.45) is 4.99 Å². The summed E-state index contributed by atoms with van der Waals surface area (Å²) in [4.78, 5) is 34.0. The third-order valence-electron chi connectivity index (χ3n) is 7.03. The largest absolute Gasteiger partial charge is 0.493 e. The normalized spacial score (nSPS) is 14.6. The fraction of sp³-hybridized carbons (Fsp3) is 0.147. The number of nitrogens with zero attached hydrogens (tertiary/aromatic N) is 2. The highest BCUT2D eigenvalue weighted by Gasteiger charge is 2.35. The molecule has 7 nitrogen and oxygen atoms in total. The van der Waals surface area contributed by atoms with Crippen LogP contribution in [0.3, 0.4) is 0 Å². The maximum atomic E-state index is 14.2. The van der Waals surface area contributed by atoms with Gasteiger partial charge in [-0.3, -0.25) is 9.36 Å². The van der Waals surface area contributed by atoms with E-state index >= 15 is 0 Å². The van der Waals surface area contributed by atoms with Crippen molar-refractivity contribution >= 4 is 52.0 Å². The van der Waals surface area contributed by atoms with Gasteiger partial charge in [-0.2, -0.15) is 0 Å². The van der Waals surface area contributed by atoms with Gasteiger partial charge in [0.1, 0.15) is 12.6 Å². The van der Waals surface area contributed by atoms with Crippen LogP contribution >= 0.6 is 34.3 Å². The molecule has 0 saturated heterocycles. The Hall–Kier alpha value is -4.44.